The Bertz CT molecular complexity index is 915. The van der Waals surface area contributed by atoms with E-state index < -0.39 is 0 Å². The number of nitrogens with one attached hydrogen (secondary N) is 1. The summed E-state index contributed by atoms with van der Waals surface area (Å²) >= 11 is 6.08. The molecule has 3 rings (SSSR count). The first-order valence-corrected chi connectivity index (χ1v) is 6.91. The molecule has 1 amide bonds. The number of nitriles is 1. The summed E-state index contributed by atoms with van der Waals surface area (Å²) in [5.74, 6) is -0.314. The van der Waals surface area contributed by atoms with E-state index in [4.69, 9.17) is 16.9 Å². The fourth-order valence-electron chi connectivity index (χ4n) is 2.18. The highest BCUT2D eigenvalue weighted by Gasteiger charge is 2.10. The Morgan fingerprint density at radius 3 is 2.86 bits per heavy atom. The third-order valence-electron chi connectivity index (χ3n) is 3.17. The zero-order chi connectivity index (χ0) is 15.5. The van der Waals surface area contributed by atoms with Gasteiger partial charge in [-0.25, -0.2) is 0 Å². The third-order valence-corrected chi connectivity index (χ3v) is 3.39. The molecule has 0 radical (unpaired) electrons. The Hall–Kier alpha value is -2.90. The first-order chi connectivity index (χ1) is 10.7. The molecule has 4 nitrogen and oxygen atoms in total. The van der Waals surface area contributed by atoms with E-state index >= 15 is 0 Å². The summed E-state index contributed by atoms with van der Waals surface area (Å²) in [6.45, 7) is 0. The molecule has 0 spiro atoms. The molecule has 0 fully saturated rings. The van der Waals surface area contributed by atoms with Gasteiger partial charge in [-0.2, -0.15) is 5.26 Å². The second-order valence-electron chi connectivity index (χ2n) is 4.68. The van der Waals surface area contributed by atoms with Gasteiger partial charge in [-0.15, -0.1) is 0 Å². The number of aromatic nitrogens is 1. The number of anilines is 1. The highest BCUT2D eigenvalue weighted by Crippen LogP contribution is 2.26. The molecule has 22 heavy (non-hydrogen) atoms. The van der Waals surface area contributed by atoms with Crippen molar-refractivity contribution in [1.82, 2.24) is 4.98 Å². The van der Waals surface area contributed by atoms with Gasteiger partial charge in [-0.3, -0.25) is 9.78 Å². The largest absolute Gasteiger partial charge is 0.320 e. The molecule has 1 N–H and O–H groups in total. The van der Waals surface area contributed by atoms with Crippen LogP contribution in [0.25, 0.3) is 10.9 Å². The number of hydrogen-bond acceptors (Lipinski definition) is 3. The van der Waals surface area contributed by atoms with Gasteiger partial charge in [-0.1, -0.05) is 23.7 Å². The number of halogens is 1. The van der Waals surface area contributed by atoms with Crippen molar-refractivity contribution in [3.63, 3.8) is 0 Å². The summed E-state index contributed by atoms with van der Waals surface area (Å²) in [6.07, 6.45) is 1.65. The maximum absolute atomic E-state index is 12.3. The van der Waals surface area contributed by atoms with E-state index in [1.807, 2.05) is 12.1 Å². The maximum atomic E-state index is 12.3. The lowest BCUT2D eigenvalue weighted by atomic mass is 10.1. The normalized spacial score (nSPS) is 10.2. The average molecular weight is 308 g/mol. The van der Waals surface area contributed by atoms with Crippen molar-refractivity contribution < 1.29 is 4.79 Å². The molecule has 2 aromatic carbocycles. The van der Waals surface area contributed by atoms with Crippen LogP contribution in [0, 0.1) is 11.3 Å². The molecule has 0 unspecified atom stereocenters. The van der Waals surface area contributed by atoms with E-state index in [2.05, 4.69) is 10.3 Å². The van der Waals surface area contributed by atoms with Crippen LogP contribution < -0.4 is 5.32 Å². The maximum Gasteiger partial charge on any atom is 0.255 e. The molecule has 0 saturated heterocycles. The first kappa shape index (κ1) is 14.1. The van der Waals surface area contributed by atoms with Gasteiger partial charge in [0.25, 0.3) is 5.91 Å². The number of fused-ring (bicyclic) bond motifs is 1. The minimum absolute atomic E-state index is 0.314. The minimum Gasteiger partial charge on any atom is -0.320 e. The Morgan fingerprint density at radius 1 is 1.18 bits per heavy atom. The van der Waals surface area contributed by atoms with Crippen LogP contribution in [0.2, 0.25) is 5.02 Å². The molecule has 0 aliphatic rings. The fraction of sp³-hybridized carbons (Fsp3) is 0. The van der Waals surface area contributed by atoms with Crippen LogP contribution in [0.3, 0.4) is 0 Å². The SMILES string of the molecule is N#Cc1cccc(C(=O)Nc2cc(Cl)cc3cccnc23)c1. The number of pyridine rings is 1. The van der Waals surface area contributed by atoms with Gasteiger partial charge in [0.1, 0.15) is 0 Å². The monoisotopic (exact) mass is 307 g/mol. The minimum atomic E-state index is -0.314. The zero-order valence-corrected chi connectivity index (χ0v) is 12.1. The van der Waals surface area contributed by atoms with E-state index in [-0.39, 0.29) is 5.91 Å². The molecule has 106 valence electrons. The summed E-state index contributed by atoms with van der Waals surface area (Å²) in [5, 5.41) is 13.1. The second-order valence-corrected chi connectivity index (χ2v) is 5.11. The molecule has 5 heteroatoms. The molecule has 0 bridgehead atoms. The van der Waals surface area contributed by atoms with Gasteiger partial charge in [0, 0.05) is 22.2 Å². The number of benzene rings is 2. The quantitative estimate of drug-likeness (QED) is 0.778. The lowest BCUT2D eigenvalue weighted by Gasteiger charge is -2.09. The van der Waals surface area contributed by atoms with Crippen LogP contribution in [0.1, 0.15) is 15.9 Å². The summed E-state index contributed by atoms with van der Waals surface area (Å²) in [6, 6.07) is 15.6. The Labute approximate surface area is 132 Å². The van der Waals surface area contributed by atoms with Crippen molar-refractivity contribution in [2.45, 2.75) is 0 Å². The first-order valence-electron chi connectivity index (χ1n) is 6.53. The molecule has 0 aliphatic heterocycles. The predicted octanol–water partition coefficient (Wildman–Crippen LogP) is 4.01. The van der Waals surface area contributed by atoms with Gasteiger partial charge < -0.3 is 5.32 Å². The number of nitrogens with zero attached hydrogens (tertiary/aromatic N) is 2. The van der Waals surface area contributed by atoms with Crippen molar-refractivity contribution in [3.8, 4) is 6.07 Å². The van der Waals surface area contributed by atoms with Crippen LogP contribution in [-0.4, -0.2) is 10.9 Å². The van der Waals surface area contributed by atoms with Crippen LogP contribution in [0.4, 0.5) is 5.69 Å². The smallest absolute Gasteiger partial charge is 0.255 e. The zero-order valence-electron chi connectivity index (χ0n) is 11.4. The Balaban J connectivity index is 1.99. The Morgan fingerprint density at radius 2 is 2.05 bits per heavy atom. The van der Waals surface area contributed by atoms with Gasteiger partial charge in [0.15, 0.2) is 0 Å². The van der Waals surface area contributed by atoms with E-state index in [1.165, 1.54) is 6.07 Å². The molecular formula is C17H10ClN3O. The van der Waals surface area contributed by atoms with E-state index in [0.717, 1.165) is 5.39 Å². The van der Waals surface area contributed by atoms with Gasteiger partial charge in [0.05, 0.1) is 22.8 Å². The van der Waals surface area contributed by atoms with Gasteiger partial charge in [-0.05, 0) is 36.4 Å². The summed E-state index contributed by atoms with van der Waals surface area (Å²) in [4.78, 5) is 16.6. The van der Waals surface area contributed by atoms with Crippen molar-refractivity contribution in [3.05, 3.63) is 70.9 Å². The van der Waals surface area contributed by atoms with Crippen molar-refractivity contribution in [2.24, 2.45) is 0 Å². The van der Waals surface area contributed by atoms with Crippen LogP contribution >= 0.6 is 11.6 Å². The lowest BCUT2D eigenvalue weighted by Crippen LogP contribution is -2.12. The summed E-state index contributed by atoms with van der Waals surface area (Å²) < 4.78 is 0. The highest BCUT2D eigenvalue weighted by atomic mass is 35.5. The standard InChI is InChI=1S/C17H10ClN3O/c18-14-8-12-5-2-6-20-16(12)15(9-14)21-17(22)13-4-1-3-11(7-13)10-19/h1-9H,(H,21,22). The number of rotatable bonds is 2. The van der Waals surface area contributed by atoms with Crippen LogP contribution in [0.15, 0.2) is 54.7 Å². The topological polar surface area (TPSA) is 65.8 Å². The van der Waals surface area contributed by atoms with Crippen LogP contribution in [0.5, 0.6) is 0 Å². The number of carbonyl (C=O) groups excluding carboxylic acids is 1. The summed E-state index contributed by atoms with van der Waals surface area (Å²) in [5.41, 5.74) is 2.04. The third kappa shape index (κ3) is 2.76. The van der Waals surface area contributed by atoms with Crippen LogP contribution in [-0.2, 0) is 0 Å². The van der Waals surface area contributed by atoms with E-state index in [1.54, 1.807) is 42.6 Å². The Kier molecular flexibility index (Phi) is 3.73. The van der Waals surface area contributed by atoms with Gasteiger partial charge >= 0.3 is 0 Å². The molecule has 0 atom stereocenters. The predicted molar refractivity (Wildman–Crippen MR) is 85.9 cm³/mol. The summed E-state index contributed by atoms with van der Waals surface area (Å²) in [7, 11) is 0. The number of amides is 1. The fourth-order valence-corrected chi connectivity index (χ4v) is 2.40. The molecule has 3 aromatic rings. The second kappa shape index (κ2) is 5.84. The van der Waals surface area contributed by atoms with Gasteiger partial charge in [0.2, 0.25) is 0 Å². The van der Waals surface area contributed by atoms with Crippen molar-refractivity contribution >= 4 is 34.1 Å². The van der Waals surface area contributed by atoms with E-state index in [0.29, 0.717) is 27.4 Å². The van der Waals surface area contributed by atoms with Crippen molar-refractivity contribution in [1.29, 1.82) is 5.26 Å². The molecule has 0 saturated carbocycles. The number of carbonyl (C=O) groups is 1. The molecular weight excluding hydrogens is 298 g/mol. The molecule has 1 aromatic heterocycles. The van der Waals surface area contributed by atoms with E-state index in [9.17, 15) is 4.79 Å². The number of hydrogen-bond donors (Lipinski definition) is 1. The molecule has 0 aliphatic carbocycles. The molecule has 1 heterocycles. The highest BCUT2D eigenvalue weighted by molar-refractivity contribution is 6.32. The average Bonchev–Trinajstić information content (AvgIpc) is 2.54. The van der Waals surface area contributed by atoms with Crippen molar-refractivity contribution in [2.75, 3.05) is 5.32 Å². The lowest BCUT2D eigenvalue weighted by molar-refractivity contribution is 0.102.